The number of nitrogens with zero attached hydrogens (tertiary/aromatic N) is 1. The van der Waals surface area contributed by atoms with Crippen molar-refractivity contribution in [2.45, 2.75) is 33.2 Å². The third kappa shape index (κ3) is 2.39. The Morgan fingerprint density at radius 2 is 2.06 bits per heavy atom. The lowest BCUT2D eigenvalue weighted by Crippen LogP contribution is -1.95. The molecule has 1 heterocycles. The fourth-order valence-electron chi connectivity index (χ4n) is 1.80. The van der Waals surface area contributed by atoms with Crippen molar-refractivity contribution in [2.24, 2.45) is 5.73 Å². The number of nitrogens with two attached hydrogens (primary N) is 1. The van der Waals surface area contributed by atoms with Crippen LogP contribution in [0.2, 0.25) is 0 Å². The zero-order valence-corrected chi connectivity index (χ0v) is 10.5. The van der Waals surface area contributed by atoms with E-state index < -0.39 is 0 Å². The maximum atomic E-state index is 5.53. The molecule has 17 heavy (non-hydrogen) atoms. The Bertz CT molecular complexity index is 515. The minimum Gasteiger partial charge on any atom is -0.356 e. The van der Waals surface area contributed by atoms with E-state index in [2.05, 4.69) is 44.1 Å². The molecule has 90 valence electrons. The molecule has 0 amide bonds. The van der Waals surface area contributed by atoms with Gasteiger partial charge in [0.25, 0.3) is 0 Å². The first-order chi connectivity index (χ1) is 8.11. The smallest absolute Gasteiger partial charge is 0.167 e. The molecule has 0 spiro atoms. The summed E-state index contributed by atoms with van der Waals surface area (Å²) in [5.74, 6) is 1.30. The summed E-state index contributed by atoms with van der Waals surface area (Å²) in [7, 11) is 0. The van der Waals surface area contributed by atoms with Gasteiger partial charge in [-0.05, 0) is 30.0 Å². The van der Waals surface area contributed by atoms with Crippen LogP contribution in [0.4, 0.5) is 0 Å². The Morgan fingerprint density at radius 3 is 2.65 bits per heavy atom. The molecular formula is C14H18N2O. The molecule has 2 N–H and O–H groups in total. The second kappa shape index (κ2) is 4.72. The van der Waals surface area contributed by atoms with Gasteiger partial charge in [0.1, 0.15) is 0 Å². The first-order valence-electron chi connectivity index (χ1n) is 5.88. The van der Waals surface area contributed by atoms with Gasteiger partial charge in [0.05, 0.1) is 5.69 Å². The van der Waals surface area contributed by atoms with Crippen LogP contribution in [0.5, 0.6) is 0 Å². The molecule has 3 nitrogen and oxygen atoms in total. The molecule has 2 rings (SSSR count). The Hall–Kier alpha value is -1.61. The quantitative estimate of drug-likeness (QED) is 0.880. The summed E-state index contributed by atoms with van der Waals surface area (Å²) in [5, 5.41) is 3.93. The molecule has 0 saturated heterocycles. The summed E-state index contributed by atoms with van der Waals surface area (Å²) in [5.41, 5.74) is 9.91. The number of hydrogen-bond donors (Lipinski definition) is 1. The van der Waals surface area contributed by atoms with E-state index in [4.69, 9.17) is 10.3 Å². The highest BCUT2D eigenvalue weighted by atomic mass is 16.5. The Balaban J connectivity index is 2.46. The first kappa shape index (κ1) is 11.9. The van der Waals surface area contributed by atoms with E-state index in [0.717, 1.165) is 17.0 Å². The van der Waals surface area contributed by atoms with Gasteiger partial charge in [-0.2, -0.15) is 0 Å². The predicted octanol–water partition coefficient (Wildman–Crippen LogP) is 3.23. The van der Waals surface area contributed by atoms with E-state index >= 15 is 0 Å². The maximum absolute atomic E-state index is 5.53. The molecule has 2 aromatic rings. The fraction of sp³-hybridized carbons (Fsp3) is 0.357. The van der Waals surface area contributed by atoms with Crippen molar-refractivity contribution in [1.29, 1.82) is 0 Å². The molecule has 0 saturated carbocycles. The van der Waals surface area contributed by atoms with Crippen LogP contribution in [0.1, 0.15) is 36.6 Å². The van der Waals surface area contributed by atoms with Crippen molar-refractivity contribution in [2.75, 3.05) is 0 Å². The SMILES string of the molecule is Cc1ccc(C(C)C)cc1-c1cc(CN)no1. The average molecular weight is 230 g/mol. The number of aryl methyl sites for hydroxylation is 1. The second-order valence-electron chi connectivity index (χ2n) is 4.62. The van der Waals surface area contributed by atoms with Gasteiger partial charge in [-0.25, -0.2) is 0 Å². The molecule has 1 aromatic carbocycles. The number of hydrogen-bond acceptors (Lipinski definition) is 3. The zero-order chi connectivity index (χ0) is 12.4. The molecule has 0 aliphatic rings. The molecule has 0 atom stereocenters. The topological polar surface area (TPSA) is 52.0 Å². The van der Waals surface area contributed by atoms with E-state index in [1.54, 1.807) is 0 Å². The summed E-state index contributed by atoms with van der Waals surface area (Å²) in [6.45, 7) is 6.84. The van der Waals surface area contributed by atoms with E-state index in [1.165, 1.54) is 11.1 Å². The maximum Gasteiger partial charge on any atom is 0.167 e. The van der Waals surface area contributed by atoms with Crippen LogP contribution in [0.15, 0.2) is 28.8 Å². The predicted molar refractivity (Wildman–Crippen MR) is 68.7 cm³/mol. The van der Waals surface area contributed by atoms with E-state index in [9.17, 15) is 0 Å². The number of aromatic nitrogens is 1. The van der Waals surface area contributed by atoms with Crippen LogP contribution in [0.25, 0.3) is 11.3 Å². The van der Waals surface area contributed by atoms with Gasteiger partial charge in [0.2, 0.25) is 0 Å². The van der Waals surface area contributed by atoms with Crippen molar-refractivity contribution < 1.29 is 4.52 Å². The summed E-state index contributed by atoms with van der Waals surface area (Å²) < 4.78 is 5.33. The highest BCUT2D eigenvalue weighted by Crippen LogP contribution is 2.27. The molecule has 3 heteroatoms. The first-order valence-corrected chi connectivity index (χ1v) is 5.88. The van der Waals surface area contributed by atoms with Gasteiger partial charge in [-0.1, -0.05) is 31.1 Å². The van der Waals surface area contributed by atoms with Crippen molar-refractivity contribution in [1.82, 2.24) is 5.16 Å². The average Bonchev–Trinajstić information content (AvgIpc) is 2.77. The van der Waals surface area contributed by atoms with Crippen LogP contribution in [0.3, 0.4) is 0 Å². The summed E-state index contributed by atoms with van der Waals surface area (Å²) in [6.07, 6.45) is 0. The molecule has 0 unspecified atom stereocenters. The Kier molecular flexibility index (Phi) is 3.29. The minimum atomic E-state index is 0.409. The van der Waals surface area contributed by atoms with Crippen molar-refractivity contribution in [3.8, 4) is 11.3 Å². The normalized spacial score (nSPS) is 11.1. The lowest BCUT2D eigenvalue weighted by molar-refractivity contribution is 0.423. The summed E-state index contributed by atoms with van der Waals surface area (Å²) in [4.78, 5) is 0. The van der Waals surface area contributed by atoms with Crippen LogP contribution in [0, 0.1) is 6.92 Å². The molecule has 0 bridgehead atoms. The number of rotatable bonds is 3. The molecule has 0 radical (unpaired) electrons. The van der Waals surface area contributed by atoms with Gasteiger partial charge >= 0.3 is 0 Å². The largest absolute Gasteiger partial charge is 0.356 e. The monoisotopic (exact) mass is 230 g/mol. The van der Waals surface area contributed by atoms with Crippen LogP contribution >= 0.6 is 0 Å². The molecule has 1 aromatic heterocycles. The highest BCUT2D eigenvalue weighted by Gasteiger charge is 2.10. The van der Waals surface area contributed by atoms with Gasteiger partial charge < -0.3 is 10.3 Å². The molecule has 0 aliphatic carbocycles. The molecule has 0 fully saturated rings. The summed E-state index contributed by atoms with van der Waals surface area (Å²) in [6, 6.07) is 8.35. The fourth-order valence-corrected chi connectivity index (χ4v) is 1.80. The third-order valence-electron chi connectivity index (χ3n) is 2.96. The zero-order valence-electron chi connectivity index (χ0n) is 10.5. The van der Waals surface area contributed by atoms with Crippen molar-refractivity contribution in [3.05, 3.63) is 41.1 Å². The van der Waals surface area contributed by atoms with Gasteiger partial charge in [-0.3, -0.25) is 0 Å². The number of benzene rings is 1. The second-order valence-corrected chi connectivity index (χ2v) is 4.62. The van der Waals surface area contributed by atoms with E-state index in [1.807, 2.05) is 6.07 Å². The lowest BCUT2D eigenvalue weighted by Gasteiger charge is -2.08. The third-order valence-corrected chi connectivity index (χ3v) is 2.96. The van der Waals surface area contributed by atoms with E-state index in [-0.39, 0.29) is 0 Å². The Morgan fingerprint density at radius 1 is 1.29 bits per heavy atom. The minimum absolute atomic E-state index is 0.409. The molecule has 0 aliphatic heterocycles. The van der Waals surface area contributed by atoms with Gasteiger partial charge in [-0.15, -0.1) is 0 Å². The standard InChI is InChI=1S/C14H18N2O/c1-9(2)11-5-4-10(3)13(6-11)14-7-12(8-15)16-17-14/h4-7,9H,8,15H2,1-3H3. The summed E-state index contributed by atoms with van der Waals surface area (Å²) >= 11 is 0. The van der Waals surface area contributed by atoms with Crippen LogP contribution in [-0.4, -0.2) is 5.16 Å². The highest BCUT2D eigenvalue weighted by molar-refractivity contribution is 5.63. The van der Waals surface area contributed by atoms with Crippen LogP contribution < -0.4 is 5.73 Å². The van der Waals surface area contributed by atoms with Gasteiger partial charge in [0.15, 0.2) is 5.76 Å². The Labute approximate surface area is 102 Å². The van der Waals surface area contributed by atoms with Crippen molar-refractivity contribution >= 4 is 0 Å². The lowest BCUT2D eigenvalue weighted by atomic mass is 9.96. The molecular weight excluding hydrogens is 212 g/mol. The van der Waals surface area contributed by atoms with Gasteiger partial charge in [0, 0.05) is 18.2 Å². The van der Waals surface area contributed by atoms with Crippen molar-refractivity contribution in [3.63, 3.8) is 0 Å². The van der Waals surface area contributed by atoms with E-state index in [0.29, 0.717) is 12.5 Å². The van der Waals surface area contributed by atoms with Crippen LogP contribution in [-0.2, 0) is 6.54 Å².